The molecule has 0 aliphatic carbocycles. The van der Waals surface area contributed by atoms with E-state index in [1.165, 1.54) is 18.7 Å². The van der Waals surface area contributed by atoms with Crippen molar-refractivity contribution in [1.82, 2.24) is 5.32 Å². The summed E-state index contributed by atoms with van der Waals surface area (Å²) >= 11 is 1.98. The lowest BCUT2D eigenvalue weighted by Crippen LogP contribution is -2.25. The minimum Gasteiger partial charge on any atom is -0.493 e. The molecule has 30 heavy (non-hydrogen) atoms. The molecule has 0 saturated carbocycles. The van der Waals surface area contributed by atoms with Crippen LogP contribution in [0.3, 0.4) is 0 Å². The first-order valence-electron chi connectivity index (χ1n) is 9.10. The lowest BCUT2D eigenvalue weighted by Gasteiger charge is -2.12. The van der Waals surface area contributed by atoms with Crippen molar-refractivity contribution < 1.29 is 24.2 Å². The number of carbonyl (C=O) groups excluding carboxylic acids is 1. The lowest BCUT2D eigenvalue weighted by molar-refractivity contribution is -0.139. The van der Waals surface area contributed by atoms with Gasteiger partial charge in [0, 0.05) is 6.54 Å². The number of nitrogens with one attached hydrogen (secondary N) is 1. The predicted octanol–water partition coefficient (Wildman–Crippen LogP) is 3.42. The van der Waals surface area contributed by atoms with Gasteiger partial charge in [-0.2, -0.15) is 5.26 Å². The summed E-state index contributed by atoms with van der Waals surface area (Å²) in [5.74, 6) is -0.949. The van der Waals surface area contributed by atoms with Gasteiger partial charge in [0.05, 0.1) is 10.7 Å². The zero-order valence-electron chi connectivity index (χ0n) is 16.4. The Bertz CT molecular complexity index is 967. The first-order chi connectivity index (χ1) is 14.4. The summed E-state index contributed by atoms with van der Waals surface area (Å²) in [4.78, 5) is 23.1. The maximum absolute atomic E-state index is 12.3. The fourth-order valence-corrected chi connectivity index (χ4v) is 3.43. The minimum absolute atomic E-state index is 0.0354. The average molecular weight is 520 g/mol. The van der Waals surface area contributed by atoms with E-state index in [-0.39, 0.29) is 5.57 Å². The van der Waals surface area contributed by atoms with Gasteiger partial charge in [-0.1, -0.05) is 30.3 Å². The lowest BCUT2D eigenvalue weighted by atomic mass is 10.1. The number of nitrogens with zero attached hydrogens (tertiary/aromatic N) is 1. The number of amides is 1. The van der Waals surface area contributed by atoms with E-state index in [4.69, 9.17) is 14.6 Å². The highest BCUT2D eigenvalue weighted by atomic mass is 127. The number of carboxylic acid groups (broad SMARTS) is 1. The highest BCUT2D eigenvalue weighted by Crippen LogP contribution is 2.34. The molecule has 0 bridgehead atoms. The molecular weight excluding hydrogens is 499 g/mol. The van der Waals surface area contributed by atoms with Crippen molar-refractivity contribution in [3.63, 3.8) is 0 Å². The van der Waals surface area contributed by atoms with Gasteiger partial charge in [-0.05, 0) is 64.8 Å². The average Bonchev–Trinajstić information content (AvgIpc) is 2.74. The van der Waals surface area contributed by atoms with Crippen molar-refractivity contribution in [2.24, 2.45) is 0 Å². The van der Waals surface area contributed by atoms with Gasteiger partial charge in [-0.3, -0.25) is 4.79 Å². The largest absolute Gasteiger partial charge is 0.493 e. The second-order valence-corrected chi connectivity index (χ2v) is 7.39. The number of aliphatic carboxylic acids is 1. The Labute approximate surface area is 188 Å². The standard InChI is InChI=1S/C22H21IN2O5/c1-29-19-12-16(11-18(23)21(19)30-14-20(26)27)10-17(13-24)22(28)25-9-5-8-15-6-3-2-4-7-15/h2-4,6-7,10-12H,5,8-9,14H2,1H3,(H,25,28)(H,26,27)/b17-10-. The van der Waals surface area contributed by atoms with E-state index < -0.39 is 18.5 Å². The first-order valence-corrected chi connectivity index (χ1v) is 10.2. The highest BCUT2D eigenvalue weighted by Gasteiger charge is 2.14. The van der Waals surface area contributed by atoms with Crippen LogP contribution in [-0.4, -0.2) is 37.2 Å². The summed E-state index contributed by atoms with van der Waals surface area (Å²) in [7, 11) is 1.43. The number of rotatable bonds is 10. The molecule has 0 radical (unpaired) electrons. The molecule has 0 atom stereocenters. The zero-order valence-corrected chi connectivity index (χ0v) is 18.5. The number of hydrogen-bond acceptors (Lipinski definition) is 5. The third-order valence-electron chi connectivity index (χ3n) is 4.04. The Morgan fingerprint density at radius 3 is 2.63 bits per heavy atom. The van der Waals surface area contributed by atoms with Crippen molar-refractivity contribution >= 4 is 40.5 Å². The number of carboxylic acids is 1. The number of aryl methyl sites for hydroxylation is 1. The Morgan fingerprint density at radius 2 is 2.00 bits per heavy atom. The molecule has 8 heteroatoms. The van der Waals surface area contributed by atoms with Crippen LogP contribution in [0.4, 0.5) is 0 Å². The molecule has 2 aromatic rings. The van der Waals surface area contributed by atoms with E-state index in [0.717, 1.165) is 12.8 Å². The molecule has 0 aromatic heterocycles. The van der Waals surface area contributed by atoms with Gasteiger partial charge in [0.25, 0.3) is 5.91 Å². The van der Waals surface area contributed by atoms with E-state index in [9.17, 15) is 14.9 Å². The summed E-state index contributed by atoms with van der Waals surface area (Å²) < 4.78 is 11.1. The van der Waals surface area contributed by atoms with Crippen molar-refractivity contribution in [1.29, 1.82) is 5.26 Å². The van der Waals surface area contributed by atoms with Gasteiger partial charge in [0.1, 0.15) is 11.6 Å². The van der Waals surface area contributed by atoms with E-state index in [0.29, 0.717) is 27.2 Å². The molecule has 2 rings (SSSR count). The number of benzene rings is 2. The first kappa shape index (κ1) is 23.2. The van der Waals surface area contributed by atoms with Crippen molar-refractivity contribution in [3.8, 4) is 17.6 Å². The second-order valence-electron chi connectivity index (χ2n) is 6.23. The molecule has 0 saturated heterocycles. The number of methoxy groups -OCH3 is 1. The van der Waals surface area contributed by atoms with Gasteiger partial charge >= 0.3 is 5.97 Å². The van der Waals surface area contributed by atoms with E-state index in [1.54, 1.807) is 12.1 Å². The Morgan fingerprint density at radius 1 is 1.27 bits per heavy atom. The van der Waals surface area contributed by atoms with Crippen LogP contribution in [-0.2, 0) is 16.0 Å². The SMILES string of the molecule is COc1cc(/C=C(/C#N)C(=O)NCCCc2ccccc2)cc(I)c1OCC(=O)O. The summed E-state index contributed by atoms with van der Waals surface area (Å²) in [6.45, 7) is -0.0497. The molecule has 2 aromatic carbocycles. The fourth-order valence-electron chi connectivity index (χ4n) is 2.65. The fraction of sp³-hybridized carbons (Fsp3) is 0.227. The quantitative estimate of drug-likeness (QED) is 0.215. The van der Waals surface area contributed by atoms with Gasteiger partial charge in [-0.15, -0.1) is 0 Å². The molecule has 156 valence electrons. The summed E-state index contributed by atoms with van der Waals surface area (Å²) in [6, 6.07) is 15.1. The van der Waals surface area contributed by atoms with Crippen LogP contribution in [0, 0.1) is 14.9 Å². The third-order valence-corrected chi connectivity index (χ3v) is 4.84. The Kier molecular flexibility index (Phi) is 9.15. The second kappa shape index (κ2) is 11.8. The monoisotopic (exact) mass is 520 g/mol. The molecular formula is C22H21IN2O5. The molecule has 0 unspecified atom stereocenters. The van der Waals surface area contributed by atoms with Crippen LogP contribution < -0.4 is 14.8 Å². The highest BCUT2D eigenvalue weighted by molar-refractivity contribution is 14.1. The maximum atomic E-state index is 12.3. The van der Waals surface area contributed by atoms with Crippen LogP contribution in [0.2, 0.25) is 0 Å². The molecule has 0 aliphatic rings. The molecule has 7 nitrogen and oxygen atoms in total. The number of ether oxygens (including phenoxy) is 2. The van der Waals surface area contributed by atoms with Crippen LogP contribution in [0.25, 0.3) is 6.08 Å². The van der Waals surface area contributed by atoms with Crippen LogP contribution >= 0.6 is 22.6 Å². The molecule has 2 N–H and O–H groups in total. The van der Waals surface area contributed by atoms with Gasteiger partial charge in [0.15, 0.2) is 18.1 Å². The van der Waals surface area contributed by atoms with Crippen LogP contribution in [0.1, 0.15) is 17.5 Å². The number of carbonyl (C=O) groups is 2. The zero-order chi connectivity index (χ0) is 21.9. The maximum Gasteiger partial charge on any atom is 0.341 e. The van der Waals surface area contributed by atoms with Gasteiger partial charge in [0.2, 0.25) is 0 Å². The normalized spacial score (nSPS) is 10.8. The number of halogens is 1. The van der Waals surface area contributed by atoms with E-state index in [2.05, 4.69) is 5.32 Å². The summed E-state index contributed by atoms with van der Waals surface area (Å²) in [5, 5.41) is 20.9. The number of hydrogen-bond donors (Lipinski definition) is 2. The third kappa shape index (κ3) is 7.08. The Hall–Kier alpha value is -3.06. The smallest absolute Gasteiger partial charge is 0.341 e. The Balaban J connectivity index is 2.05. The molecule has 0 fully saturated rings. The number of nitriles is 1. The minimum atomic E-state index is -1.10. The summed E-state index contributed by atoms with van der Waals surface area (Å²) in [5.41, 5.74) is 1.72. The van der Waals surface area contributed by atoms with Crippen molar-refractivity contribution in [2.45, 2.75) is 12.8 Å². The van der Waals surface area contributed by atoms with Crippen LogP contribution in [0.15, 0.2) is 48.0 Å². The van der Waals surface area contributed by atoms with Crippen molar-refractivity contribution in [3.05, 3.63) is 62.7 Å². The molecule has 0 aliphatic heterocycles. The predicted molar refractivity (Wildman–Crippen MR) is 120 cm³/mol. The van der Waals surface area contributed by atoms with Crippen molar-refractivity contribution in [2.75, 3.05) is 20.3 Å². The molecule has 0 spiro atoms. The summed E-state index contributed by atoms with van der Waals surface area (Å²) in [6.07, 6.45) is 3.05. The molecule has 0 heterocycles. The molecule has 1 amide bonds. The topological polar surface area (TPSA) is 109 Å². The van der Waals surface area contributed by atoms with E-state index in [1.807, 2.05) is 59.0 Å². The van der Waals surface area contributed by atoms with Gasteiger partial charge < -0.3 is 19.9 Å². The van der Waals surface area contributed by atoms with Gasteiger partial charge in [-0.25, -0.2) is 4.79 Å². The van der Waals surface area contributed by atoms with E-state index >= 15 is 0 Å². The van der Waals surface area contributed by atoms with Crippen LogP contribution in [0.5, 0.6) is 11.5 Å².